The highest BCUT2D eigenvalue weighted by atomic mass is 16.7. The van der Waals surface area contributed by atoms with Gasteiger partial charge in [-0.3, -0.25) is 0 Å². The van der Waals surface area contributed by atoms with Gasteiger partial charge in [0, 0.05) is 12.2 Å². The molecule has 1 heterocycles. The molecule has 1 aromatic carbocycles. The van der Waals surface area contributed by atoms with E-state index in [1.807, 2.05) is 30.3 Å². The molecule has 3 heteroatoms. The number of hydrogen-bond acceptors (Lipinski definition) is 3. The number of ether oxygens (including phenoxy) is 2. The summed E-state index contributed by atoms with van der Waals surface area (Å²) in [5, 5.41) is 8.75. The van der Waals surface area contributed by atoms with E-state index in [4.69, 9.17) is 14.6 Å². The molecule has 3 nitrogen and oxygen atoms in total. The van der Waals surface area contributed by atoms with Crippen LogP contribution in [0.25, 0.3) is 0 Å². The average molecular weight is 194 g/mol. The topological polar surface area (TPSA) is 38.7 Å². The highest BCUT2D eigenvalue weighted by Crippen LogP contribution is 2.27. The lowest BCUT2D eigenvalue weighted by atomic mass is 10.2. The lowest BCUT2D eigenvalue weighted by Gasteiger charge is -2.10. The van der Waals surface area contributed by atoms with E-state index in [1.165, 1.54) is 0 Å². The van der Waals surface area contributed by atoms with Crippen LogP contribution in [0.4, 0.5) is 0 Å². The summed E-state index contributed by atoms with van der Waals surface area (Å²) in [6.07, 6.45) is 0.418. The highest BCUT2D eigenvalue weighted by Gasteiger charge is 2.26. The first-order valence-electron chi connectivity index (χ1n) is 4.83. The van der Waals surface area contributed by atoms with E-state index >= 15 is 0 Å². The minimum Gasteiger partial charge on any atom is -0.396 e. The van der Waals surface area contributed by atoms with Crippen LogP contribution in [-0.4, -0.2) is 24.4 Å². The molecule has 1 N–H and O–H groups in total. The summed E-state index contributed by atoms with van der Waals surface area (Å²) in [4.78, 5) is 0. The maximum Gasteiger partial charge on any atom is 0.184 e. The van der Waals surface area contributed by atoms with Crippen molar-refractivity contribution in [3.05, 3.63) is 35.9 Å². The third-order valence-corrected chi connectivity index (χ3v) is 2.27. The zero-order valence-electron chi connectivity index (χ0n) is 7.93. The molecule has 1 aliphatic heterocycles. The van der Waals surface area contributed by atoms with E-state index in [1.54, 1.807) is 0 Å². The molecule has 0 unspecified atom stereocenters. The third kappa shape index (κ3) is 2.12. The molecule has 0 bridgehead atoms. The number of aliphatic hydroxyl groups is 1. The van der Waals surface area contributed by atoms with E-state index in [9.17, 15) is 0 Å². The summed E-state index contributed by atoms with van der Waals surface area (Å²) < 4.78 is 11.1. The quantitative estimate of drug-likeness (QED) is 0.792. The predicted molar refractivity (Wildman–Crippen MR) is 51.7 cm³/mol. The van der Waals surface area contributed by atoms with Gasteiger partial charge in [0.05, 0.1) is 12.7 Å². The molecular weight excluding hydrogens is 180 g/mol. The van der Waals surface area contributed by atoms with Crippen LogP contribution >= 0.6 is 0 Å². The van der Waals surface area contributed by atoms with Gasteiger partial charge in [-0.05, 0) is 6.42 Å². The molecule has 0 saturated carbocycles. The van der Waals surface area contributed by atoms with Gasteiger partial charge in [-0.2, -0.15) is 0 Å². The van der Waals surface area contributed by atoms with Gasteiger partial charge < -0.3 is 14.6 Å². The van der Waals surface area contributed by atoms with E-state index in [0.29, 0.717) is 13.0 Å². The van der Waals surface area contributed by atoms with E-state index in [2.05, 4.69) is 0 Å². The van der Waals surface area contributed by atoms with Gasteiger partial charge in [0.15, 0.2) is 6.29 Å². The van der Waals surface area contributed by atoms with Crippen molar-refractivity contribution in [2.45, 2.75) is 18.8 Å². The average Bonchev–Trinajstić information content (AvgIpc) is 2.68. The molecule has 1 saturated heterocycles. The molecule has 2 atom stereocenters. The van der Waals surface area contributed by atoms with Crippen LogP contribution in [0.2, 0.25) is 0 Å². The van der Waals surface area contributed by atoms with Crippen LogP contribution in [0.3, 0.4) is 0 Å². The fraction of sp³-hybridized carbons (Fsp3) is 0.455. The molecule has 0 aliphatic carbocycles. The lowest BCUT2D eigenvalue weighted by Crippen LogP contribution is -2.11. The van der Waals surface area contributed by atoms with E-state index in [0.717, 1.165) is 5.56 Å². The molecule has 1 aliphatic rings. The maximum atomic E-state index is 8.75. The van der Waals surface area contributed by atoms with Crippen LogP contribution in [-0.2, 0) is 9.47 Å². The summed E-state index contributed by atoms with van der Waals surface area (Å²) in [6.45, 7) is 0.718. The van der Waals surface area contributed by atoms with Gasteiger partial charge in [0.25, 0.3) is 0 Å². The van der Waals surface area contributed by atoms with Crippen molar-refractivity contribution in [3.63, 3.8) is 0 Å². The Balaban J connectivity index is 1.96. The predicted octanol–water partition coefficient (Wildman–Crippen LogP) is 1.48. The first-order valence-corrected chi connectivity index (χ1v) is 4.83. The molecule has 0 spiro atoms. The largest absolute Gasteiger partial charge is 0.396 e. The lowest BCUT2D eigenvalue weighted by molar-refractivity contribution is -0.0627. The third-order valence-electron chi connectivity index (χ3n) is 2.27. The summed E-state index contributed by atoms with van der Waals surface area (Å²) >= 11 is 0. The van der Waals surface area contributed by atoms with Gasteiger partial charge in [0.1, 0.15) is 0 Å². The minimum atomic E-state index is -0.257. The molecule has 0 aromatic heterocycles. The highest BCUT2D eigenvalue weighted by molar-refractivity contribution is 5.16. The van der Waals surface area contributed by atoms with Crippen molar-refractivity contribution in [3.8, 4) is 0 Å². The van der Waals surface area contributed by atoms with Crippen LogP contribution < -0.4 is 0 Å². The number of rotatable bonds is 3. The zero-order valence-corrected chi connectivity index (χ0v) is 7.93. The smallest absolute Gasteiger partial charge is 0.184 e. The second-order valence-corrected chi connectivity index (χ2v) is 3.35. The van der Waals surface area contributed by atoms with Crippen molar-refractivity contribution in [1.82, 2.24) is 0 Å². The Kier molecular flexibility index (Phi) is 3.14. The number of hydrogen-bond donors (Lipinski definition) is 1. The summed E-state index contributed by atoms with van der Waals surface area (Å²) in [7, 11) is 0. The first-order chi connectivity index (χ1) is 6.90. The fourth-order valence-electron chi connectivity index (χ4n) is 1.53. The second kappa shape index (κ2) is 4.55. The van der Waals surface area contributed by atoms with Crippen LogP contribution in [0, 0.1) is 0 Å². The summed E-state index contributed by atoms with van der Waals surface area (Å²) in [5.41, 5.74) is 1.04. The van der Waals surface area contributed by atoms with E-state index < -0.39 is 0 Å². The SMILES string of the molecule is OCC[C@H]1CO[C@@H](c2ccccc2)O1. The Labute approximate surface area is 83.3 Å². The van der Waals surface area contributed by atoms with Gasteiger partial charge in [-0.25, -0.2) is 0 Å². The van der Waals surface area contributed by atoms with Crippen LogP contribution in [0.15, 0.2) is 30.3 Å². The molecule has 14 heavy (non-hydrogen) atoms. The Morgan fingerprint density at radius 2 is 2.07 bits per heavy atom. The molecule has 0 amide bonds. The van der Waals surface area contributed by atoms with Crippen molar-refractivity contribution < 1.29 is 14.6 Å². The Morgan fingerprint density at radius 3 is 2.79 bits per heavy atom. The number of aliphatic hydroxyl groups excluding tert-OH is 1. The van der Waals surface area contributed by atoms with Crippen molar-refractivity contribution in [2.75, 3.05) is 13.2 Å². The molecular formula is C11H14O3. The molecule has 0 radical (unpaired) electrons. The fourth-order valence-corrected chi connectivity index (χ4v) is 1.53. The molecule has 76 valence electrons. The van der Waals surface area contributed by atoms with Gasteiger partial charge in [-0.1, -0.05) is 30.3 Å². The van der Waals surface area contributed by atoms with Crippen molar-refractivity contribution in [1.29, 1.82) is 0 Å². The van der Waals surface area contributed by atoms with Crippen molar-refractivity contribution >= 4 is 0 Å². The normalized spacial score (nSPS) is 26.6. The molecule has 1 aromatic rings. The van der Waals surface area contributed by atoms with Crippen LogP contribution in [0.1, 0.15) is 18.3 Å². The Bertz CT molecular complexity index is 273. The Hall–Kier alpha value is -0.900. The first kappa shape index (κ1) is 9.65. The van der Waals surface area contributed by atoms with Crippen molar-refractivity contribution in [2.24, 2.45) is 0 Å². The number of benzene rings is 1. The van der Waals surface area contributed by atoms with Gasteiger partial charge in [0.2, 0.25) is 0 Å². The summed E-state index contributed by atoms with van der Waals surface area (Å²) in [5.74, 6) is 0. The standard InChI is InChI=1S/C11H14O3/c12-7-6-10-8-13-11(14-10)9-4-2-1-3-5-9/h1-5,10-12H,6-8H2/t10-,11+/m0/s1. The molecule has 2 rings (SSSR count). The van der Waals surface area contributed by atoms with E-state index in [-0.39, 0.29) is 19.0 Å². The Morgan fingerprint density at radius 1 is 1.29 bits per heavy atom. The second-order valence-electron chi connectivity index (χ2n) is 3.35. The zero-order chi connectivity index (χ0) is 9.80. The van der Waals surface area contributed by atoms with Gasteiger partial charge in [-0.15, -0.1) is 0 Å². The van der Waals surface area contributed by atoms with Crippen LogP contribution in [0.5, 0.6) is 0 Å². The molecule has 1 fully saturated rings. The van der Waals surface area contributed by atoms with Gasteiger partial charge >= 0.3 is 0 Å². The maximum absolute atomic E-state index is 8.75. The monoisotopic (exact) mass is 194 g/mol. The minimum absolute atomic E-state index is 0.0326. The summed E-state index contributed by atoms with van der Waals surface area (Å²) in [6, 6.07) is 9.84.